The number of benzene rings is 5. The molecular weight excluding hydrogens is 412 g/mol. The van der Waals surface area contributed by atoms with Crippen LogP contribution < -0.4 is 0 Å². The van der Waals surface area contributed by atoms with Gasteiger partial charge in [0.05, 0.1) is 6.26 Å². The summed E-state index contributed by atoms with van der Waals surface area (Å²) in [6.07, 6.45) is 6.39. The minimum Gasteiger partial charge on any atom is -0.464 e. The van der Waals surface area contributed by atoms with Crippen LogP contribution in [0.5, 0.6) is 0 Å². The van der Waals surface area contributed by atoms with Gasteiger partial charge in [-0.1, -0.05) is 103 Å². The second-order valence-corrected chi connectivity index (χ2v) is 8.95. The third-order valence-corrected chi connectivity index (χ3v) is 7.02. The predicted octanol–water partition coefficient (Wildman–Crippen LogP) is 9.08. The van der Waals surface area contributed by atoms with Crippen molar-refractivity contribution in [2.24, 2.45) is 0 Å². The van der Waals surface area contributed by atoms with Gasteiger partial charge in [0.1, 0.15) is 5.76 Å². The number of hydrogen-bond acceptors (Lipinski definition) is 1. The average Bonchev–Trinajstić information content (AvgIpc) is 3.56. The molecule has 0 saturated heterocycles. The highest BCUT2D eigenvalue weighted by molar-refractivity contribution is 6.11. The molecule has 1 heterocycles. The van der Waals surface area contributed by atoms with E-state index in [1.807, 2.05) is 6.07 Å². The summed E-state index contributed by atoms with van der Waals surface area (Å²) >= 11 is 0. The summed E-state index contributed by atoms with van der Waals surface area (Å²) < 4.78 is 6.11. The molecule has 0 fully saturated rings. The fraction of sp³-hybridized carbons (Fsp3) is 0.0303. The number of hydrogen-bond donors (Lipinski definition) is 0. The summed E-state index contributed by atoms with van der Waals surface area (Å²) in [7, 11) is 0. The Labute approximate surface area is 198 Å². The largest absolute Gasteiger partial charge is 0.464 e. The third kappa shape index (κ3) is 2.94. The van der Waals surface area contributed by atoms with E-state index in [0.29, 0.717) is 0 Å². The summed E-state index contributed by atoms with van der Waals surface area (Å²) in [5.41, 5.74) is 7.37. The molecule has 7 rings (SSSR count). The molecule has 34 heavy (non-hydrogen) atoms. The molecule has 0 spiro atoms. The van der Waals surface area contributed by atoms with E-state index >= 15 is 0 Å². The maximum atomic E-state index is 6.11. The van der Waals surface area contributed by atoms with Crippen molar-refractivity contribution in [3.63, 3.8) is 0 Å². The van der Waals surface area contributed by atoms with Gasteiger partial charge in [0.15, 0.2) is 0 Å². The van der Waals surface area contributed by atoms with Crippen LogP contribution in [0.2, 0.25) is 0 Å². The van der Waals surface area contributed by atoms with E-state index in [1.165, 1.54) is 38.2 Å². The Morgan fingerprint density at radius 2 is 1.38 bits per heavy atom. The van der Waals surface area contributed by atoms with Gasteiger partial charge in [0.2, 0.25) is 0 Å². The van der Waals surface area contributed by atoms with Gasteiger partial charge in [-0.25, -0.2) is 0 Å². The molecule has 5 aromatic carbocycles. The van der Waals surface area contributed by atoms with Gasteiger partial charge in [-0.05, 0) is 62.0 Å². The fourth-order valence-electron chi connectivity index (χ4n) is 5.45. The molecule has 0 N–H and O–H groups in total. The first-order valence-electron chi connectivity index (χ1n) is 11.7. The van der Waals surface area contributed by atoms with Crippen molar-refractivity contribution in [2.45, 2.75) is 5.92 Å². The lowest BCUT2D eigenvalue weighted by molar-refractivity contribution is 0.583. The Kier molecular flexibility index (Phi) is 4.28. The SMILES string of the molecule is C1=CC(c2cc(-c3occc3-c3ccccc3)cc3ccc4ccccc4c23)c2ccccc21. The monoisotopic (exact) mass is 434 g/mol. The van der Waals surface area contributed by atoms with Crippen LogP contribution in [-0.4, -0.2) is 0 Å². The minimum atomic E-state index is 0.208. The zero-order valence-corrected chi connectivity index (χ0v) is 18.6. The highest BCUT2D eigenvalue weighted by atomic mass is 16.3. The molecule has 1 aliphatic rings. The molecular formula is C33H22O. The number of fused-ring (bicyclic) bond motifs is 4. The molecule has 1 aromatic heterocycles. The van der Waals surface area contributed by atoms with E-state index < -0.39 is 0 Å². The van der Waals surface area contributed by atoms with E-state index in [9.17, 15) is 0 Å². The summed E-state index contributed by atoms with van der Waals surface area (Å²) in [5.74, 6) is 1.12. The summed E-state index contributed by atoms with van der Waals surface area (Å²) in [6, 6.07) is 39.1. The topological polar surface area (TPSA) is 13.1 Å². The highest BCUT2D eigenvalue weighted by Gasteiger charge is 2.23. The third-order valence-electron chi connectivity index (χ3n) is 7.02. The number of rotatable bonds is 3. The lowest BCUT2D eigenvalue weighted by atomic mass is 9.85. The van der Waals surface area contributed by atoms with Gasteiger partial charge in [0.25, 0.3) is 0 Å². The van der Waals surface area contributed by atoms with Crippen LogP contribution in [0.25, 0.3) is 50.1 Å². The first kappa shape index (κ1) is 19.1. The quantitative estimate of drug-likeness (QED) is 0.253. The van der Waals surface area contributed by atoms with Crippen molar-refractivity contribution in [3.8, 4) is 22.5 Å². The Balaban J connectivity index is 1.53. The molecule has 0 bridgehead atoms. The molecule has 6 aromatic rings. The van der Waals surface area contributed by atoms with E-state index in [4.69, 9.17) is 4.42 Å². The van der Waals surface area contributed by atoms with Gasteiger partial charge >= 0.3 is 0 Å². The summed E-state index contributed by atoms with van der Waals surface area (Å²) in [5, 5.41) is 5.12. The molecule has 1 atom stereocenters. The Bertz CT molecular complexity index is 1700. The first-order chi connectivity index (χ1) is 16.9. The molecule has 0 saturated carbocycles. The van der Waals surface area contributed by atoms with E-state index in [1.54, 1.807) is 6.26 Å². The van der Waals surface area contributed by atoms with Crippen LogP contribution in [0.1, 0.15) is 22.6 Å². The van der Waals surface area contributed by atoms with Gasteiger partial charge in [0, 0.05) is 17.0 Å². The highest BCUT2D eigenvalue weighted by Crippen LogP contribution is 2.44. The van der Waals surface area contributed by atoms with Crippen LogP contribution in [0, 0.1) is 0 Å². The molecule has 1 heteroatoms. The van der Waals surface area contributed by atoms with Gasteiger partial charge in [-0.3, -0.25) is 0 Å². The van der Waals surface area contributed by atoms with Crippen LogP contribution in [0.3, 0.4) is 0 Å². The lowest BCUT2D eigenvalue weighted by Crippen LogP contribution is -1.99. The van der Waals surface area contributed by atoms with Crippen LogP contribution in [0.15, 0.2) is 126 Å². The van der Waals surface area contributed by atoms with Crippen molar-refractivity contribution in [2.75, 3.05) is 0 Å². The van der Waals surface area contributed by atoms with Crippen molar-refractivity contribution in [1.82, 2.24) is 0 Å². The average molecular weight is 435 g/mol. The van der Waals surface area contributed by atoms with Gasteiger partial charge in [-0.15, -0.1) is 0 Å². The van der Waals surface area contributed by atoms with Crippen LogP contribution in [-0.2, 0) is 0 Å². The molecule has 0 amide bonds. The van der Waals surface area contributed by atoms with Crippen molar-refractivity contribution in [3.05, 3.63) is 138 Å². The Hall–Kier alpha value is -4.36. The minimum absolute atomic E-state index is 0.208. The first-order valence-corrected chi connectivity index (χ1v) is 11.7. The summed E-state index contributed by atoms with van der Waals surface area (Å²) in [4.78, 5) is 0. The maximum Gasteiger partial charge on any atom is 0.141 e. The van der Waals surface area contributed by atoms with E-state index in [2.05, 4.69) is 115 Å². The van der Waals surface area contributed by atoms with E-state index in [-0.39, 0.29) is 5.92 Å². The second-order valence-electron chi connectivity index (χ2n) is 8.95. The maximum absolute atomic E-state index is 6.11. The van der Waals surface area contributed by atoms with Crippen LogP contribution in [0.4, 0.5) is 0 Å². The standard InChI is InChI=1S/C33H22O/c1-2-8-22(9-3-1)29-18-19-34-33(29)26-20-25-15-14-24-11-5-7-13-28(24)32(25)31(21-26)30-17-16-23-10-4-6-12-27(23)30/h1-21,30H. The molecule has 160 valence electrons. The second kappa shape index (κ2) is 7.60. The number of furan rings is 1. The zero-order chi connectivity index (χ0) is 22.5. The van der Waals surface area contributed by atoms with Crippen molar-refractivity contribution < 1.29 is 4.42 Å². The smallest absolute Gasteiger partial charge is 0.141 e. The molecule has 1 unspecified atom stereocenters. The normalized spacial score (nSPS) is 14.6. The summed E-state index contributed by atoms with van der Waals surface area (Å²) in [6.45, 7) is 0. The van der Waals surface area contributed by atoms with Crippen molar-refractivity contribution >= 4 is 27.6 Å². The lowest BCUT2D eigenvalue weighted by Gasteiger charge is -2.18. The molecule has 1 aliphatic carbocycles. The van der Waals surface area contributed by atoms with Crippen molar-refractivity contribution in [1.29, 1.82) is 0 Å². The number of allylic oxidation sites excluding steroid dienone is 1. The van der Waals surface area contributed by atoms with Gasteiger partial charge in [-0.2, -0.15) is 0 Å². The Morgan fingerprint density at radius 3 is 2.32 bits per heavy atom. The van der Waals surface area contributed by atoms with E-state index in [0.717, 1.165) is 22.5 Å². The predicted molar refractivity (Wildman–Crippen MR) is 142 cm³/mol. The molecule has 0 aliphatic heterocycles. The Morgan fingerprint density at radius 1 is 0.588 bits per heavy atom. The zero-order valence-electron chi connectivity index (χ0n) is 18.6. The molecule has 0 radical (unpaired) electrons. The van der Waals surface area contributed by atoms with Crippen LogP contribution >= 0.6 is 0 Å². The molecule has 1 nitrogen and oxygen atoms in total. The fourth-order valence-corrected chi connectivity index (χ4v) is 5.45. The van der Waals surface area contributed by atoms with Gasteiger partial charge < -0.3 is 4.42 Å².